The van der Waals surface area contributed by atoms with Crippen molar-refractivity contribution in [3.8, 4) is 11.5 Å². The molecule has 0 aliphatic carbocycles. The van der Waals surface area contributed by atoms with Crippen molar-refractivity contribution in [1.82, 2.24) is 14.9 Å². The molecule has 0 unspecified atom stereocenters. The molecule has 7 nitrogen and oxygen atoms in total. The largest absolute Gasteiger partial charge is 0.486 e. The lowest BCUT2D eigenvalue weighted by molar-refractivity contribution is 0.0737. The van der Waals surface area contributed by atoms with Crippen LogP contribution in [0.15, 0.2) is 41.2 Å². The van der Waals surface area contributed by atoms with E-state index in [9.17, 15) is 9.59 Å². The molecule has 1 aromatic heterocycles. The van der Waals surface area contributed by atoms with Crippen LogP contribution in [0, 0.1) is 0 Å². The third-order valence-corrected chi connectivity index (χ3v) is 4.86. The molecule has 1 aliphatic heterocycles. The van der Waals surface area contributed by atoms with Crippen molar-refractivity contribution >= 4 is 28.4 Å². The molecule has 1 N–H and O–H groups in total. The standard InChI is InChI=1S/C21H20ClN3O4/c1-2-7-25(21(27)13-3-6-17-18(10-13)29-9-8-28-17)12-19-23-16-11-14(22)4-5-15(16)20(26)24-19/h3-6,10-11H,2,7-9,12H2,1H3,(H,23,24,26). The SMILES string of the molecule is CCCN(Cc1nc2cc(Cl)ccc2c(=O)[nH]1)C(=O)c1ccc2c(c1)OCCO2. The van der Waals surface area contributed by atoms with Crippen LogP contribution in [0.1, 0.15) is 29.5 Å². The van der Waals surface area contributed by atoms with Crippen molar-refractivity contribution in [2.45, 2.75) is 19.9 Å². The van der Waals surface area contributed by atoms with E-state index >= 15 is 0 Å². The van der Waals surface area contributed by atoms with Crippen molar-refractivity contribution in [1.29, 1.82) is 0 Å². The number of rotatable bonds is 5. The third-order valence-electron chi connectivity index (χ3n) is 4.63. The van der Waals surface area contributed by atoms with E-state index in [1.54, 1.807) is 41.3 Å². The minimum Gasteiger partial charge on any atom is -0.486 e. The van der Waals surface area contributed by atoms with Gasteiger partial charge in [0, 0.05) is 17.1 Å². The molecule has 1 aliphatic rings. The lowest BCUT2D eigenvalue weighted by Crippen LogP contribution is -2.33. The molecule has 150 valence electrons. The van der Waals surface area contributed by atoms with Gasteiger partial charge >= 0.3 is 0 Å². The average Bonchev–Trinajstić information content (AvgIpc) is 2.72. The Kier molecular flexibility index (Phi) is 5.40. The van der Waals surface area contributed by atoms with Crippen molar-refractivity contribution in [2.75, 3.05) is 19.8 Å². The predicted molar refractivity (Wildman–Crippen MR) is 110 cm³/mol. The van der Waals surface area contributed by atoms with Gasteiger partial charge in [0.05, 0.1) is 17.4 Å². The fourth-order valence-electron chi connectivity index (χ4n) is 3.30. The van der Waals surface area contributed by atoms with E-state index in [0.717, 1.165) is 6.42 Å². The van der Waals surface area contributed by atoms with Crippen LogP contribution in [0.2, 0.25) is 5.02 Å². The maximum absolute atomic E-state index is 13.1. The highest BCUT2D eigenvalue weighted by Crippen LogP contribution is 2.31. The van der Waals surface area contributed by atoms with E-state index in [2.05, 4.69) is 9.97 Å². The molecule has 0 saturated heterocycles. The van der Waals surface area contributed by atoms with Crippen LogP contribution in [0.5, 0.6) is 11.5 Å². The molecule has 3 aromatic rings. The first-order valence-corrected chi connectivity index (χ1v) is 9.80. The Labute approximate surface area is 172 Å². The van der Waals surface area contributed by atoms with Gasteiger partial charge in [0.1, 0.15) is 19.0 Å². The van der Waals surface area contributed by atoms with Crippen LogP contribution in [-0.4, -0.2) is 40.5 Å². The van der Waals surface area contributed by atoms with E-state index in [0.29, 0.717) is 58.6 Å². The normalized spacial score (nSPS) is 12.8. The quantitative estimate of drug-likeness (QED) is 0.693. The first-order chi connectivity index (χ1) is 14.0. The minimum atomic E-state index is -0.259. The topological polar surface area (TPSA) is 84.5 Å². The van der Waals surface area contributed by atoms with Gasteiger partial charge in [-0.3, -0.25) is 9.59 Å². The van der Waals surface area contributed by atoms with Crippen molar-refractivity contribution in [2.24, 2.45) is 0 Å². The number of halogens is 1. The number of nitrogens with one attached hydrogen (secondary N) is 1. The second-order valence-electron chi connectivity index (χ2n) is 6.76. The number of carbonyl (C=O) groups excluding carboxylic acids is 1. The number of benzene rings is 2. The lowest BCUT2D eigenvalue weighted by atomic mass is 10.1. The molecule has 29 heavy (non-hydrogen) atoms. The molecular weight excluding hydrogens is 394 g/mol. The van der Waals surface area contributed by atoms with Gasteiger partial charge in [0.25, 0.3) is 11.5 Å². The molecule has 8 heteroatoms. The van der Waals surface area contributed by atoms with Gasteiger partial charge in [0.15, 0.2) is 11.5 Å². The van der Waals surface area contributed by atoms with Gasteiger partial charge < -0.3 is 19.4 Å². The molecule has 0 atom stereocenters. The number of ether oxygens (including phenoxy) is 2. The van der Waals surface area contributed by atoms with Gasteiger partial charge in [0.2, 0.25) is 0 Å². The molecule has 4 rings (SSSR count). The molecule has 0 bridgehead atoms. The van der Waals surface area contributed by atoms with Crippen molar-refractivity contribution in [3.05, 3.63) is 63.2 Å². The van der Waals surface area contributed by atoms with E-state index in [1.165, 1.54) is 0 Å². The highest BCUT2D eigenvalue weighted by molar-refractivity contribution is 6.31. The summed E-state index contributed by atoms with van der Waals surface area (Å²) in [4.78, 5) is 34.4. The van der Waals surface area contributed by atoms with Crippen LogP contribution in [0.4, 0.5) is 0 Å². The average molecular weight is 414 g/mol. The number of H-pyrrole nitrogens is 1. The Hall–Kier alpha value is -3.06. The number of carbonyl (C=O) groups is 1. The van der Waals surface area contributed by atoms with Gasteiger partial charge in [-0.2, -0.15) is 0 Å². The molecular formula is C21H20ClN3O4. The molecule has 2 aromatic carbocycles. The summed E-state index contributed by atoms with van der Waals surface area (Å²) in [5, 5.41) is 0.956. The molecule has 0 spiro atoms. The number of aromatic amines is 1. The van der Waals surface area contributed by atoms with Gasteiger partial charge in [-0.1, -0.05) is 18.5 Å². The lowest BCUT2D eigenvalue weighted by Gasteiger charge is -2.23. The molecule has 1 amide bonds. The summed E-state index contributed by atoms with van der Waals surface area (Å²) in [6.45, 7) is 3.63. The summed E-state index contributed by atoms with van der Waals surface area (Å²) in [5.41, 5.74) is 0.734. The van der Waals surface area contributed by atoms with Crippen LogP contribution in [-0.2, 0) is 6.54 Å². The highest BCUT2D eigenvalue weighted by Gasteiger charge is 2.20. The van der Waals surface area contributed by atoms with Crippen LogP contribution in [0.3, 0.4) is 0 Å². The van der Waals surface area contributed by atoms with Crippen LogP contribution in [0.25, 0.3) is 10.9 Å². The Morgan fingerprint density at radius 3 is 2.76 bits per heavy atom. The Morgan fingerprint density at radius 1 is 1.17 bits per heavy atom. The zero-order valence-electron chi connectivity index (χ0n) is 15.9. The first kappa shape index (κ1) is 19.3. The van der Waals surface area contributed by atoms with Gasteiger partial charge in [-0.15, -0.1) is 0 Å². The molecule has 2 heterocycles. The number of hydrogen-bond donors (Lipinski definition) is 1. The fourth-order valence-corrected chi connectivity index (χ4v) is 3.46. The van der Waals surface area contributed by atoms with Crippen molar-refractivity contribution < 1.29 is 14.3 Å². The Balaban J connectivity index is 1.63. The fraction of sp³-hybridized carbons (Fsp3) is 0.286. The second kappa shape index (κ2) is 8.13. The van der Waals surface area contributed by atoms with Gasteiger partial charge in [-0.05, 0) is 42.8 Å². The van der Waals surface area contributed by atoms with Crippen LogP contribution >= 0.6 is 11.6 Å². The maximum atomic E-state index is 13.1. The first-order valence-electron chi connectivity index (χ1n) is 9.42. The summed E-state index contributed by atoms with van der Waals surface area (Å²) >= 11 is 6.03. The van der Waals surface area contributed by atoms with E-state index < -0.39 is 0 Å². The number of aromatic nitrogens is 2. The zero-order chi connectivity index (χ0) is 20.4. The van der Waals surface area contributed by atoms with E-state index in [4.69, 9.17) is 21.1 Å². The zero-order valence-corrected chi connectivity index (χ0v) is 16.7. The highest BCUT2D eigenvalue weighted by atomic mass is 35.5. The Morgan fingerprint density at radius 2 is 1.97 bits per heavy atom. The third kappa shape index (κ3) is 4.05. The van der Waals surface area contributed by atoms with E-state index in [1.807, 2.05) is 6.92 Å². The van der Waals surface area contributed by atoms with Crippen molar-refractivity contribution in [3.63, 3.8) is 0 Å². The Bertz CT molecular complexity index is 1130. The molecule has 0 radical (unpaired) electrons. The summed E-state index contributed by atoms with van der Waals surface area (Å²) in [5.74, 6) is 1.43. The monoisotopic (exact) mass is 413 g/mol. The number of amides is 1. The van der Waals surface area contributed by atoms with E-state index in [-0.39, 0.29) is 18.0 Å². The minimum absolute atomic E-state index is 0.169. The summed E-state index contributed by atoms with van der Waals surface area (Å²) in [6, 6.07) is 10.1. The number of fused-ring (bicyclic) bond motifs is 2. The van der Waals surface area contributed by atoms with Gasteiger partial charge in [-0.25, -0.2) is 4.98 Å². The summed E-state index contributed by atoms with van der Waals surface area (Å²) in [7, 11) is 0. The summed E-state index contributed by atoms with van der Waals surface area (Å²) < 4.78 is 11.1. The molecule has 0 saturated carbocycles. The maximum Gasteiger partial charge on any atom is 0.258 e. The number of hydrogen-bond acceptors (Lipinski definition) is 5. The smallest absolute Gasteiger partial charge is 0.258 e. The molecule has 0 fully saturated rings. The second-order valence-corrected chi connectivity index (χ2v) is 7.20. The predicted octanol–water partition coefficient (Wildman–Crippen LogP) is 3.40. The van der Waals surface area contributed by atoms with Crippen LogP contribution < -0.4 is 15.0 Å². The number of nitrogens with zero attached hydrogens (tertiary/aromatic N) is 2. The summed E-state index contributed by atoms with van der Waals surface area (Å²) in [6.07, 6.45) is 0.764.